The first kappa shape index (κ1) is 9.53. The van der Waals surface area contributed by atoms with E-state index in [0.717, 1.165) is 10.6 Å². The third-order valence-corrected chi connectivity index (χ3v) is 1.71. The first-order valence-electron chi connectivity index (χ1n) is 3.70. The van der Waals surface area contributed by atoms with Gasteiger partial charge in [-0.15, -0.1) is 0 Å². The number of methoxy groups -OCH3 is 1. The van der Waals surface area contributed by atoms with Gasteiger partial charge in [-0.1, -0.05) is 0 Å². The number of hydrogen-bond donors (Lipinski definition) is 2. The number of nitrogens with one attached hydrogen (secondary N) is 1. The van der Waals surface area contributed by atoms with Crippen LogP contribution in [0.15, 0.2) is 15.7 Å². The van der Waals surface area contributed by atoms with E-state index >= 15 is 0 Å². The summed E-state index contributed by atoms with van der Waals surface area (Å²) < 4.78 is 6.05. The Morgan fingerprint density at radius 3 is 2.69 bits per heavy atom. The van der Waals surface area contributed by atoms with Crippen LogP contribution in [0.5, 0.6) is 0 Å². The maximum absolute atomic E-state index is 11.2. The van der Waals surface area contributed by atoms with Gasteiger partial charge < -0.3 is 10.5 Å². The van der Waals surface area contributed by atoms with Crippen LogP contribution < -0.4 is 17.0 Å². The average molecular weight is 185 g/mol. The summed E-state index contributed by atoms with van der Waals surface area (Å²) in [7, 11) is 1.45. The van der Waals surface area contributed by atoms with E-state index in [2.05, 4.69) is 4.98 Å². The second-order valence-electron chi connectivity index (χ2n) is 2.57. The number of H-pyrrole nitrogens is 1. The molecular formula is C7H11N3O3. The SMILES string of the molecule is COC(C)n1c(N)cc(=O)[nH]c1=O. The molecule has 1 rings (SSSR count). The molecule has 3 N–H and O–H groups in total. The van der Waals surface area contributed by atoms with Gasteiger partial charge in [0, 0.05) is 13.2 Å². The highest BCUT2D eigenvalue weighted by atomic mass is 16.5. The monoisotopic (exact) mass is 185 g/mol. The molecule has 0 aliphatic heterocycles. The largest absolute Gasteiger partial charge is 0.385 e. The molecule has 13 heavy (non-hydrogen) atoms. The minimum absolute atomic E-state index is 0.0862. The highest BCUT2D eigenvalue weighted by Gasteiger charge is 2.08. The number of aromatic nitrogens is 2. The second kappa shape index (κ2) is 3.44. The number of ether oxygens (including phenoxy) is 1. The zero-order chi connectivity index (χ0) is 10.0. The Kier molecular flexibility index (Phi) is 2.52. The summed E-state index contributed by atoms with van der Waals surface area (Å²) in [4.78, 5) is 24.1. The molecule has 0 fully saturated rings. The summed E-state index contributed by atoms with van der Waals surface area (Å²) in [5.74, 6) is 0.0862. The van der Waals surface area contributed by atoms with Crippen molar-refractivity contribution in [3.05, 3.63) is 26.9 Å². The smallest absolute Gasteiger partial charge is 0.332 e. The highest BCUT2D eigenvalue weighted by Crippen LogP contribution is 2.05. The van der Waals surface area contributed by atoms with E-state index in [1.165, 1.54) is 7.11 Å². The zero-order valence-corrected chi connectivity index (χ0v) is 7.40. The number of anilines is 1. The summed E-state index contributed by atoms with van der Waals surface area (Å²) in [6.45, 7) is 1.65. The van der Waals surface area contributed by atoms with Crippen LogP contribution in [0.25, 0.3) is 0 Å². The molecule has 0 aliphatic carbocycles. The first-order chi connectivity index (χ1) is 6.06. The van der Waals surface area contributed by atoms with Crippen molar-refractivity contribution in [3.8, 4) is 0 Å². The van der Waals surface area contributed by atoms with Crippen LogP contribution >= 0.6 is 0 Å². The van der Waals surface area contributed by atoms with Crippen molar-refractivity contribution in [2.75, 3.05) is 12.8 Å². The van der Waals surface area contributed by atoms with E-state index in [4.69, 9.17) is 10.5 Å². The van der Waals surface area contributed by atoms with Crippen LogP contribution in [-0.4, -0.2) is 16.7 Å². The standard InChI is InChI=1S/C7H11N3O3/c1-4(13-2)10-5(8)3-6(11)9-7(10)12/h3-4H,8H2,1-2H3,(H,9,11,12). The fraction of sp³-hybridized carbons (Fsp3) is 0.429. The van der Waals surface area contributed by atoms with Crippen LogP contribution in [0.4, 0.5) is 5.82 Å². The summed E-state index contributed by atoms with van der Waals surface area (Å²) in [6.07, 6.45) is -0.496. The molecule has 1 unspecified atom stereocenters. The normalized spacial score (nSPS) is 12.8. The molecule has 0 amide bonds. The summed E-state index contributed by atoms with van der Waals surface area (Å²) >= 11 is 0. The van der Waals surface area contributed by atoms with Crippen LogP contribution in [0.3, 0.4) is 0 Å². The van der Waals surface area contributed by atoms with Crippen LogP contribution in [0, 0.1) is 0 Å². The van der Waals surface area contributed by atoms with E-state index in [9.17, 15) is 9.59 Å². The molecule has 1 heterocycles. The Labute approximate surface area is 74.0 Å². The summed E-state index contributed by atoms with van der Waals surface area (Å²) in [6, 6.07) is 1.14. The molecule has 0 aliphatic rings. The third kappa shape index (κ3) is 1.78. The second-order valence-corrected chi connectivity index (χ2v) is 2.57. The molecule has 0 saturated heterocycles. The fourth-order valence-electron chi connectivity index (χ4n) is 1.00. The predicted molar refractivity (Wildman–Crippen MR) is 47.5 cm³/mol. The Hall–Kier alpha value is -1.56. The van der Waals surface area contributed by atoms with E-state index in [1.807, 2.05) is 0 Å². The van der Waals surface area contributed by atoms with Crippen LogP contribution in [0.1, 0.15) is 13.2 Å². The van der Waals surface area contributed by atoms with Gasteiger partial charge in [0.15, 0.2) is 0 Å². The van der Waals surface area contributed by atoms with Gasteiger partial charge in [0.25, 0.3) is 5.56 Å². The Morgan fingerprint density at radius 1 is 1.62 bits per heavy atom. The molecule has 0 spiro atoms. The lowest BCUT2D eigenvalue weighted by atomic mass is 10.5. The van der Waals surface area contributed by atoms with Crippen molar-refractivity contribution in [3.63, 3.8) is 0 Å². The van der Waals surface area contributed by atoms with Crippen LogP contribution in [-0.2, 0) is 4.74 Å². The van der Waals surface area contributed by atoms with E-state index in [1.54, 1.807) is 6.92 Å². The van der Waals surface area contributed by atoms with Crippen molar-refractivity contribution >= 4 is 5.82 Å². The molecule has 0 saturated carbocycles. The number of nitrogen functional groups attached to an aromatic ring is 1. The zero-order valence-electron chi connectivity index (χ0n) is 7.40. The minimum Gasteiger partial charge on any atom is -0.385 e. The molecule has 0 aromatic carbocycles. The van der Waals surface area contributed by atoms with Gasteiger partial charge in [-0.3, -0.25) is 14.3 Å². The molecule has 1 aromatic rings. The summed E-state index contributed by atoms with van der Waals surface area (Å²) in [5.41, 5.74) is 4.38. The van der Waals surface area contributed by atoms with Crippen molar-refractivity contribution in [2.24, 2.45) is 0 Å². The third-order valence-electron chi connectivity index (χ3n) is 1.71. The molecule has 1 atom stereocenters. The molecule has 1 aromatic heterocycles. The average Bonchev–Trinajstić information content (AvgIpc) is 2.02. The van der Waals surface area contributed by atoms with Gasteiger partial charge in [0.05, 0.1) is 0 Å². The fourth-order valence-corrected chi connectivity index (χ4v) is 1.00. The quantitative estimate of drug-likeness (QED) is 0.636. The summed E-state index contributed by atoms with van der Waals surface area (Å²) in [5, 5.41) is 0. The number of nitrogens with two attached hydrogens (primary N) is 1. The maximum atomic E-state index is 11.2. The Bertz CT molecular complexity index is 406. The maximum Gasteiger partial charge on any atom is 0.332 e. The van der Waals surface area contributed by atoms with Crippen molar-refractivity contribution in [2.45, 2.75) is 13.2 Å². The first-order valence-corrected chi connectivity index (χ1v) is 3.70. The molecule has 0 bridgehead atoms. The van der Waals surface area contributed by atoms with E-state index in [-0.39, 0.29) is 5.82 Å². The van der Waals surface area contributed by atoms with Gasteiger partial charge in [0.2, 0.25) is 0 Å². The molecule has 72 valence electrons. The predicted octanol–water partition coefficient (Wildman–Crippen LogP) is -0.716. The van der Waals surface area contributed by atoms with Gasteiger partial charge >= 0.3 is 5.69 Å². The van der Waals surface area contributed by atoms with Gasteiger partial charge in [0.1, 0.15) is 12.0 Å². The van der Waals surface area contributed by atoms with Gasteiger partial charge in [-0.25, -0.2) is 4.79 Å². The van der Waals surface area contributed by atoms with E-state index in [0.29, 0.717) is 0 Å². The van der Waals surface area contributed by atoms with E-state index < -0.39 is 17.5 Å². The van der Waals surface area contributed by atoms with Gasteiger partial charge in [-0.05, 0) is 6.92 Å². The molecular weight excluding hydrogens is 174 g/mol. The lowest BCUT2D eigenvalue weighted by molar-refractivity contribution is 0.0582. The Morgan fingerprint density at radius 2 is 2.23 bits per heavy atom. The Balaban J connectivity index is 3.37. The number of rotatable bonds is 2. The number of aromatic amines is 1. The number of hydrogen-bond acceptors (Lipinski definition) is 4. The van der Waals surface area contributed by atoms with Gasteiger partial charge in [-0.2, -0.15) is 0 Å². The highest BCUT2D eigenvalue weighted by molar-refractivity contribution is 5.26. The molecule has 0 radical (unpaired) electrons. The lowest BCUT2D eigenvalue weighted by Gasteiger charge is -2.14. The van der Waals surface area contributed by atoms with Crippen LogP contribution in [0.2, 0.25) is 0 Å². The van der Waals surface area contributed by atoms with Crippen molar-refractivity contribution in [1.29, 1.82) is 0 Å². The van der Waals surface area contributed by atoms with Crippen molar-refractivity contribution < 1.29 is 4.74 Å². The molecule has 6 nitrogen and oxygen atoms in total. The lowest BCUT2D eigenvalue weighted by Crippen LogP contribution is -2.33. The van der Waals surface area contributed by atoms with Crippen molar-refractivity contribution in [1.82, 2.24) is 9.55 Å². The topological polar surface area (TPSA) is 90.1 Å². The number of nitrogens with zero attached hydrogens (tertiary/aromatic N) is 1. The minimum atomic E-state index is -0.570. The molecule has 6 heteroatoms.